The number of phenolic OH excluding ortho intramolecular Hbond substituents is 1. The van der Waals surface area contributed by atoms with Gasteiger partial charge in [-0.2, -0.15) is 9.97 Å². The second kappa shape index (κ2) is 7.31. The molecule has 0 aliphatic carbocycles. The molecule has 0 radical (unpaired) electrons. The predicted octanol–water partition coefficient (Wildman–Crippen LogP) is 5.83. The molecule has 5 aromatic carbocycles. The highest BCUT2D eigenvalue weighted by molar-refractivity contribution is 6.25. The van der Waals surface area contributed by atoms with Crippen molar-refractivity contribution >= 4 is 32.3 Å². The highest BCUT2D eigenvalue weighted by atomic mass is 16.5. The lowest BCUT2D eigenvalue weighted by atomic mass is 9.92. The van der Waals surface area contributed by atoms with Crippen LogP contribution in [0, 0.1) is 0 Å². The lowest BCUT2D eigenvalue weighted by Gasteiger charge is -2.14. The molecular formula is C27H19N3O3. The largest absolute Gasteiger partial charge is 0.507 e. The van der Waals surface area contributed by atoms with E-state index in [1.54, 1.807) is 19.2 Å². The van der Waals surface area contributed by atoms with Crippen LogP contribution in [0.4, 0.5) is 0 Å². The van der Waals surface area contributed by atoms with E-state index in [1.807, 2.05) is 6.07 Å². The summed E-state index contributed by atoms with van der Waals surface area (Å²) in [6, 6.07) is 24.2. The van der Waals surface area contributed by atoms with Gasteiger partial charge in [-0.05, 0) is 50.5 Å². The van der Waals surface area contributed by atoms with Crippen molar-refractivity contribution in [2.45, 2.75) is 0 Å². The number of aromatic nitrogens is 3. The Hall–Kier alpha value is -4.45. The molecule has 0 unspecified atom stereocenters. The molecule has 0 amide bonds. The fourth-order valence-electron chi connectivity index (χ4n) is 4.45. The molecule has 0 fully saturated rings. The molecule has 0 aliphatic rings. The van der Waals surface area contributed by atoms with E-state index in [0.29, 0.717) is 23.0 Å². The molecular weight excluding hydrogens is 414 g/mol. The summed E-state index contributed by atoms with van der Waals surface area (Å²) in [4.78, 5) is 13.6. The van der Waals surface area contributed by atoms with Crippen molar-refractivity contribution in [3.8, 4) is 40.3 Å². The molecule has 0 saturated heterocycles. The van der Waals surface area contributed by atoms with E-state index in [1.165, 1.54) is 34.7 Å². The van der Waals surface area contributed by atoms with Crippen molar-refractivity contribution < 1.29 is 14.6 Å². The van der Waals surface area contributed by atoms with Gasteiger partial charge in [-0.15, -0.1) is 0 Å². The molecule has 0 atom stereocenters. The topological polar surface area (TPSA) is 77.4 Å². The van der Waals surface area contributed by atoms with Crippen LogP contribution in [0.15, 0.2) is 72.8 Å². The second-order valence-corrected chi connectivity index (χ2v) is 7.82. The van der Waals surface area contributed by atoms with Crippen molar-refractivity contribution in [3.63, 3.8) is 0 Å². The van der Waals surface area contributed by atoms with Crippen LogP contribution < -0.4 is 9.47 Å². The first-order chi connectivity index (χ1) is 16.2. The number of hydrogen-bond acceptors (Lipinski definition) is 6. The lowest BCUT2D eigenvalue weighted by Crippen LogP contribution is -2.01. The van der Waals surface area contributed by atoms with Crippen molar-refractivity contribution in [2.24, 2.45) is 0 Å². The number of hydrogen-bond donors (Lipinski definition) is 1. The molecule has 1 N–H and O–H groups in total. The van der Waals surface area contributed by atoms with Crippen LogP contribution in [0.1, 0.15) is 0 Å². The zero-order valence-corrected chi connectivity index (χ0v) is 18.0. The molecule has 0 bridgehead atoms. The average Bonchev–Trinajstić information content (AvgIpc) is 2.86. The van der Waals surface area contributed by atoms with Crippen LogP contribution in [0.25, 0.3) is 55.1 Å². The van der Waals surface area contributed by atoms with Gasteiger partial charge in [0.2, 0.25) is 0 Å². The Morgan fingerprint density at radius 3 is 1.97 bits per heavy atom. The first-order valence-corrected chi connectivity index (χ1v) is 10.5. The van der Waals surface area contributed by atoms with E-state index < -0.39 is 0 Å². The Bertz CT molecular complexity index is 1650. The molecule has 160 valence electrons. The Morgan fingerprint density at radius 2 is 1.27 bits per heavy atom. The Morgan fingerprint density at radius 1 is 0.636 bits per heavy atom. The summed E-state index contributed by atoms with van der Waals surface area (Å²) in [5.41, 5.74) is 1.34. The number of aromatic hydroxyl groups is 1. The van der Waals surface area contributed by atoms with Crippen molar-refractivity contribution in [2.75, 3.05) is 14.2 Å². The molecule has 1 aromatic heterocycles. The molecule has 33 heavy (non-hydrogen) atoms. The molecule has 0 saturated carbocycles. The highest BCUT2D eigenvalue weighted by Gasteiger charge is 2.18. The number of benzene rings is 5. The van der Waals surface area contributed by atoms with E-state index in [-0.39, 0.29) is 11.8 Å². The van der Waals surface area contributed by atoms with E-state index in [0.717, 1.165) is 16.3 Å². The quantitative estimate of drug-likeness (QED) is 0.353. The van der Waals surface area contributed by atoms with E-state index in [9.17, 15) is 5.11 Å². The Kier molecular flexibility index (Phi) is 4.26. The SMILES string of the molecule is COc1ccc(-c2nc(OC)nc(-c3ccc4ccc5cccc6ccc3c4c56)n2)c(O)c1. The van der Waals surface area contributed by atoms with Crippen LogP contribution in [0.3, 0.4) is 0 Å². The third-order valence-electron chi connectivity index (χ3n) is 6.01. The summed E-state index contributed by atoms with van der Waals surface area (Å²) in [5.74, 6) is 1.36. The van der Waals surface area contributed by atoms with Crippen LogP contribution in [0.5, 0.6) is 17.5 Å². The maximum atomic E-state index is 10.5. The Balaban J connectivity index is 1.62. The van der Waals surface area contributed by atoms with Gasteiger partial charge in [-0.25, -0.2) is 4.98 Å². The fraction of sp³-hybridized carbons (Fsp3) is 0.0741. The average molecular weight is 433 g/mol. The summed E-state index contributed by atoms with van der Waals surface area (Å²) < 4.78 is 10.6. The van der Waals surface area contributed by atoms with Gasteiger partial charge in [0.05, 0.1) is 19.8 Å². The zero-order valence-electron chi connectivity index (χ0n) is 18.0. The van der Waals surface area contributed by atoms with Crippen LogP contribution in [-0.2, 0) is 0 Å². The summed E-state index contributed by atoms with van der Waals surface area (Å²) >= 11 is 0. The maximum Gasteiger partial charge on any atom is 0.320 e. The van der Waals surface area contributed by atoms with E-state index in [2.05, 4.69) is 58.5 Å². The second-order valence-electron chi connectivity index (χ2n) is 7.82. The molecule has 0 aliphatic heterocycles. The van der Waals surface area contributed by atoms with Crippen molar-refractivity contribution in [3.05, 3.63) is 72.8 Å². The third kappa shape index (κ3) is 2.99. The third-order valence-corrected chi connectivity index (χ3v) is 6.01. The summed E-state index contributed by atoms with van der Waals surface area (Å²) in [7, 11) is 3.06. The fourth-order valence-corrected chi connectivity index (χ4v) is 4.45. The Labute approximate surface area is 189 Å². The predicted molar refractivity (Wildman–Crippen MR) is 129 cm³/mol. The van der Waals surface area contributed by atoms with Gasteiger partial charge < -0.3 is 14.6 Å². The smallest absolute Gasteiger partial charge is 0.320 e. The van der Waals surface area contributed by atoms with Gasteiger partial charge >= 0.3 is 6.01 Å². The minimum Gasteiger partial charge on any atom is -0.507 e. The highest BCUT2D eigenvalue weighted by Crippen LogP contribution is 2.39. The van der Waals surface area contributed by atoms with Crippen molar-refractivity contribution in [1.82, 2.24) is 15.0 Å². The van der Waals surface area contributed by atoms with E-state index in [4.69, 9.17) is 14.5 Å². The summed E-state index contributed by atoms with van der Waals surface area (Å²) in [5, 5.41) is 17.5. The number of ether oxygens (including phenoxy) is 2. The summed E-state index contributed by atoms with van der Waals surface area (Å²) in [6.45, 7) is 0. The minimum atomic E-state index is 0.0175. The number of nitrogens with zero attached hydrogens (tertiary/aromatic N) is 3. The van der Waals surface area contributed by atoms with Gasteiger partial charge in [0.15, 0.2) is 11.6 Å². The van der Waals surface area contributed by atoms with Crippen LogP contribution in [-0.4, -0.2) is 34.3 Å². The molecule has 6 heteroatoms. The molecule has 6 aromatic rings. The van der Waals surface area contributed by atoms with Crippen LogP contribution >= 0.6 is 0 Å². The zero-order chi connectivity index (χ0) is 22.5. The van der Waals surface area contributed by atoms with Crippen LogP contribution in [0.2, 0.25) is 0 Å². The van der Waals surface area contributed by atoms with Gasteiger partial charge in [0.25, 0.3) is 0 Å². The van der Waals surface area contributed by atoms with Crippen molar-refractivity contribution in [1.29, 1.82) is 0 Å². The van der Waals surface area contributed by atoms with Gasteiger partial charge in [0.1, 0.15) is 11.5 Å². The lowest BCUT2D eigenvalue weighted by molar-refractivity contribution is 0.379. The molecule has 1 heterocycles. The van der Waals surface area contributed by atoms with Gasteiger partial charge in [-0.3, -0.25) is 0 Å². The van der Waals surface area contributed by atoms with E-state index >= 15 is 0 Å². The normalized spacial score (nSPS) is 11.5. The minimum absolute atomic E-state index is 0.0175. The number of methoxy groups -OCH3 is 2. The monoisotopic (exact) mass is 433 g/mol. The standard InChI is InChI=1S/C27H19N3O3/c1-32-18-10-13-21(22(31)14-18)26-28-25(29-27(30-26)33-2)20-12-9-17-7-6-15-4-3-5-16-8-11-19(20)24(17)23(15)16/h3-14,31H,1-2H3. The first-order valence-electron chi connectivity index (χ1n) is 10.5. The summed E-state index contributed by atoms with van der Waals surface area (Å²) in [6.07, 6.45) is 0. The number of rotatable bonds is 4. The molecule has 0 spiro atoms. The first kappa shape index (κ1) is 19.3. The van der Waals surface area contributed by atoms with Gasteiger partial charge in [-0.1, -0.05) is 48.5 Å². The molecule has 6 nitrogen and oxygen atoms in total. The maximum absolute atomic E-state index is 10.5. The van der Waals surface area contributed by atoms with Gasteiger partial charge in [0, 0.05) is 11.6 Å². The molecule has 6 rings (SSSR count). The number of phenols is 1.